The van der Waals surface area contributed by atoms with Gasteiger partial charge in [0, 0.05) is 247 Å². The maximum atomic E-state index is 12.7. The number of aliphatic hydroxyl groups excluding tert-OH is 1. The zero-order chi connectivity index (χ0) is 93.9. The molecule has 2 fully saturated rings. The van der Waals surface area contributed by atoms with Gasteiger partial charge in [0.05, 0.1) is 121 Å². The van der Waals surface area contributed by atoms with E-state index in [4.69, 9.17) is 61.2 Å². The molecule has 2 saturated heterocycles. The fraction of sp³-hybridized carbons (Fsp3) is 0.180. The predicted molar refractivity (Wildman–Crippen MR) is 525 cm³/mol. The molecule has 19 aromatic rings. The zero-order valence-corrected chi connectivity index (χ0v) is 77.0. The zero-order valence-electron chi connectivity index (χ0n) is 74.6. The first-order valence-corrected chi connectivity index (χ1v) is 44.7. The van der Waals surface area contributed by atoms with Gasteiger partial charge in [-0.1, -0.05) is 57.7 Å². The number of fused-ring (bicyclic) bond motifs is 4. The number of aliphatic hydroxyl groups is 1. The minimum atomic E-state index is -0.0524. The highest BCUT2D eigenvalue weighted by Gasteiger charge is 2.22. The maximum absolute atomic E-state index is 12.7. The Balaban J connectivity index is 0.000000122. The number of carbonyl (C=O) groups is 1. The number of aromatic nitrogens is 21. The van der Waals surface area contributed by atoms with E-state index in [0.29, 0.717) is 90.1 Å². The molecule has 0 saturated carbocycles. The van der Waals surface area contributed by atoms with Gasteiger partial charge in [-0.15, -0.1) is 6.42 Å². The van der Waals surface area contributed by atoms with Gasteiger partial charge in [0.25, 0.3) is 0 Å². The van der Waals surface area contributed by atoms with Gasteiger partial charge in [-0.3, -0.25) is 48.4 Å². The van der Waals surface area contributed by atoms with Crippen molar-refractivity contribution in [3.8, 4) is 85.4 Å². The lowest BCUT2D eigenvalue weighted by atomic mass is 10.0. The Hall–Kier alpha value is -16.4. The van der Waals surface area contributed by atoms with Gasteiger partial charge < -0.3 is 59.4 Å². The fourth-order valence-electron chi connectivity index (χ4n) is 15.2. The van der Waals surface area contributed by atoms with Crippen LogP contribution < -0.4 is 35.5 Å². The van der Waals surface area contributed by atoms with Crippen LogP contribution in [-0.4, -0.2) is 191 Å². The number of benzene rings is 8. The average molecular weight is 1910 g/mol. The van der Waals surface area contributed by atoms with E-state index in [9.17, 15) is 4.79 Å². The second kappa shape index (κ2) is 43.1. The van der Waals surface area contributed by atoms with Crippen LogP contribution in [-0.2, 0) is 68.6 Å². The molecule has 13 heterocycles. The summed E-state index contributed by atoms with van der Waals surface area (Å²) >= 11 is 9.85. The molecule has 2 aliphatic heterocycles. The smallest absolute Gasteiger partial charge is 0.227 e. The van der Waals surface area contributed by atoms with Gasteiger partial charge in [-0.2, -0.15) is 20.4 Å². The Kier molecular flexibility index (Phi) is 28.6. The van der Waals surface area contributed by atoms with Gasteiger partial charge in [0.1, 0.15) is 37.1 Å². The Bertz CT molecular complexity index is 7500. The van der Waals surface area contributed by atoms with Crippen molar-refractivity contribution in [3.63, 3.8) is 0 Å². The summed E-state index contributed by atoms with van der Waals surface area (Å²) < 4.78 is 42.3. The highest BCUT2D eigenvalue weighted by atomic mass is 79.9. The molecule has 2 aliphatic rings. The summed E-state index contributed by atoms with van der Waals surface area (Å²) in [6.07, 6.45) is 41.0. The first-order chi connectivity index (χ1) is 67.0. The van der Waals surface area contributed by atoms with Gasteiger partial charge >= 0.3 is 0 Å². The number of hydrogen-bond acceptors (Lipinski definition) is 30. The third-order valence-corrected chi connectivity index (χ3v) is 22.8. The van der Waals surface area contributed by atoms with E-state index in [2.05, 4.69) is 141 Å². The number of ether oxygens (including phenoxy) is 5. The van der Waals surface area contributed by atoms with Crippen molar-refractivity contribution in [1.82, 2.24) is 114 Å². The van der Waals surface area contributed by atoms with E-state index in [1.165, 1.54) is 12.0 Å². The number of hydrogen-bond donors (Lipinski definition) is 5. The van der Waals surface area contributed by atoms with Gasteiger partial charge in [0.2, 0.25) is 29.7 Å². The SMILES string of the molecule is C#Cc1ccc2nc(Nc3cc(CN4CCOCC4)cc(-c4cnn(C)c4)c3)ncc2c1Cl.Cn1cc(-c2cc(Nc3ncc4cc(Br)ccc4n3)cc(OCCO)c2)cn1.Cn1cc(-c2cc3cnc(Nc4cccc(-c5cnco5)c4)nc3cc2OCc2cnccn2)cn1.Cn1cc(-c2cc3cnc(Nc4cccc(CC(=O)N5CCOCC5)c4)nc3cc2OCc2cnccn2)cn1. The standard InChI is InChI=1S/C29H28N8O3.C26H20N8O2.C25H23ClN6O.C20H18BrN5O2/c1-36-18-22(16-33-36)25-13-21-15-32-29(35-26(21)14-27(25)40-19-24-17-30-5-6-31-24)34-23-4-2-3-20(11-23)12-28(38)37-7-9-39-10-8-37;1-34-14-19(11-31-34)22-8-18-10-30-26(32-20-4-2-3-17(7-20)25-13-28-16-36-25)33-23(18)9-24(22)35-15-21-12-27-5-6-29-21;1-3-18-4-5-23-22(24(18)26)14-27-25(30-23)29-21-11-17(15-32-6-8-33-9-7-32)10-19(12-21)20-13-28-31(2)16-20;1-26-12-15(11-23-26)13-7-17(9-18(8-13)28-5-4-27)24-20-22-10-14-6-16(21)2-3-19(14)25-20/h2-6,11,13-18H,7-10,12,19H2,1H3,(H,32,34,35);2-14,16H,15H2,1H3,(H,30,32,33);1,4-5,10-14,16H,6-9,15H2,2H3,(H,27,29,30);2-3,6-12,27H,4-5H2,1H3,(H,22,24,25). The fourth-order valence-corrected chi connectivity index (χ4v) is 15.9. The lowest BCUT2D eigenvalue weighted by Crippen LogP contribution is -2.41. The van der Waals surface area contributed by atoms with Crippen molar-refractivity contribution in [1.29, 1.82) is 0 Å². The highest BCUT2D eigenvalue weighted by Crippen LogP contribution is 2.39. The molecule has 21 rings (SSSR count). The van der Waals surface area contributed by atoms with Crippen LogP contribution in [0.25, 0.3) is 99.4 Å². The molecule has 0 aliphatic carbocycles. The van der Waals surface area contributed by atoms with Crippen molar-refractivity contribution in [3.05, 3.63) is 301 Å². The molecule has 137 heavy (non-hydrogen) atoms. The minimum absolute atomic E-state index is 0.0524. The largest absolute Gasteiger partial charge is 0.491 e. The number of nitrogens with zero attached hydrogens (tertiary/aromatic N) is 23. The second-order valence-electron chi connectivity index (χ2n) is 31.8. The van der Waals surface area contributed by atoms with Crippen molar-refractivity contribution >= 4 is 124 Å². The Morgan fingerprint density at radius 3 is 1.54 bits per heavy atom. The summed E-state index contributed by atoms with van der Waals surface area (Å²) in [5.74, 6) is 7.22. The Morgan fingerprint density at radius 2 is 0.985 bits per heavy atom. The van der Waals surface area contributed by atoms with E-state index in [1.54, 1.807) is 112 Å². The average Bonchev–Trinajstić information content (AvgIpc) is 1.27. The van der Waals surface area contributed by atoms with Crippen molar-refractivity contribution < 1.29 is 38.0 Å². The topological polar surface area (TPSA) is 390 Å². The summed E-state index contributed by atoms with van der Waals surface area (Å²) in [5, 5.41) is 43.3. The quantitative estimate of drug-likeness (QED) is 0.0314. The molecule has 0 atom stereocenters. The number of rotatable bonds is 26. The van der Waals surface area contributed by atoms with Crippen LogP contribution >= 0.6 is 27.5 Å². The monoisotopic (exact) mass is 1910 g/mol. The van der Waals surface area contributed by atoms with Crippen molar-refractivity contribution in [2.75, 3.05) is 87.1 Å². The van der Waals surface area contributed by atoms with E-state index in [-0.39, 0.29) is 32.3 Å². The molecule has 35 nitrogen and oxygen atoms in total. The molecule has 0 bridgehead atoms. The van der Waals surface area contributed by atoms with Crippen LogP contribution in [0.4, 0.5) is 46.5 Å². The number of anilines is 8. The van der Waals surface area contributed by atoms with Gasteiger partial charge in [-0.25, -0.2) is 44.9 Å². The lowest BCUT2D eigenvalue weighted by molar-refractivity contribution is -0.134. The number of aryl methyl sites for hydroxylation is 4. The Labute approximate surface area is 798 Å². The molecule has 11 aromatic heterocycles. The summed E-state index contributed by atoms with van der Waals surface area (Å²) in [6.45, 7) is 7.37. The predicted octanol–water partition coefficient (Wildman–Crippen LogP) is 16.5. The number of oxazole rings is 1. The van der Waals surface area contributed by atoms with Gasteiger partial charge in [-0.05, 0) is 119 Å². The third kappa shape index (κ3) is 23.6. The first kappa shape index (κ1) is 91.1. The van der Waals surface area contributed by atoms with E-state index in [1.807, 2.05) is 179 Å². The first-order valence-electron chi connectivity index (χ1n) is 43.5. The summed E-state index contributed by atoms with van der Waals surface area (Å²) in [4.78, 5) is 74.4. The summed E-state index contributed by atoms with van der Waals surface area (Å²) in [6, 6.07) is 45.0. The highest BCUT2D eigenvalue weighted by molar-refractivity contribution is 9.10. The van der Waals surface area contributed by atoms with E-state index < -0.39 is 0 Å². The van der Waals surface area contributed by atoms with E-state index in [0.717, 1.165) is 171 Å². The van der Waals surface area contributed by atoms with Crippen LogP contribution in [0.2, 0.25) is 5.02 Å². The molecule has 0 spiro atoms. The number of carbonyl (C=O) groups excluding carboxylic acids is 1. The van der Waals surface area contributed by atoms with Crippen LogP contribution in [0.3, 0.4) is 0 Å². The minimum Gasteiger partial charge on any atom is -0.491 e. The molecule has 1 amide bonds. The van der Waals surface area contributed by atoms with Crippen LogP contribution in [0.5, 0.6) is 17.2 Å². The molecular weight excluding hydrogens is 1820 g/mol. The molecule has 37 heteroatoms. The Morgan fingerprint density at radius 1 is 0.474 bits per heavy atom. The van der Waals surface area contributed by atoms with E-state index >= 15 is 0 Å². The number of amides is 1. The van der Waals surface area contributed by atoms with Crippen molar-refractivity contribution in [2.24, 2.45) is 28.2 Å². The lowest BCUT2D eigenvalue weighted by Gasteiger charge is -2.27. The second-order valence-corrected chi connectivity index (χ2v) is 33.1. The van der Waals surface area contributed by atoms with Crippen LogP contribution in [0.1, 0.15) is 28.1 Å². The third-order valence-electron chi connectivity index (χ3n) is 21.9. The van der Waals surface area contributed by atoms with Crippen LogP contribution in [0, 0.1) is 12.3 Å². The number of halogens is 2. The normalized spacial score (nSPS) is 12.5. The molecule has 0 radical (unpaired) electrons. The molecular formula is C100H89BrClN27O8. The number of nitrogens with one attached hydrogen (secondary N) is 4. The van der Waals surface area contributed by atoms with Gasteiger partial charge in [0.15, 0.2) is 12.2 Å². The molecule has 686 valence electrons. The number of morpholine rings is 2. The summed E-state index contributed by atoms with van der Waals surface area (Å²) in [5.41, 5.74) is 19.1. The summed E-state index contributed by atoms with van der Waals surface area (Å²) in [7, 11) is 7.54. The molecule has 5 N–H and O–H groups in total. The number of terminal acetylenes is 1. The van der Waals surface area contributed by atoms with Crippen LogP contribution in [0.15, 0.2) is 273 Å². The molecule has 8 aromatic carbocycles. The van der Waals surface area contributed by atoms with Crippen molar-refractivity contribution in [2.45, 2.75) is 26.2 Å². The molecule has 0 unspecified atom stereocenters. The maximum Gasteiger partial charge on any atom is 0.227 e.